The number of hydrogen-bond donors (Lipinski definition) is 2. The van der Waals surface area contributed by atoms with Gasteiger partial charge in [-0.1, -0.05) is 26.2 Å². The Hall–Kier alpha value is -2.08. The second kappa shape index (κ2) is 8.08. The van der Waals surface area contributed by atoms with E-state index in [4.69, 9.17) is 15.2 Å². The summed E-state index contributed by atoms with van der Waals surface area (Å²) in [5.41, 5.74) is 5.42. The summed E-state index contributed by atoms with van der Waals surface area (Å²) >= 11 is 0. The van der Waals surface area contributed by atoms with E-state index in [1.165, 1.54) is 6.42 Å². The van der Waals surface area contributed by atoms with E-state index >= 15 is 0 Å². The van der Waals surface area contributed by atoms with Gasteiger partial charge in [-0.25, -0.2) is 0 Å². The molecule has 3 rings (SSSR count). The Kier molecular flexibility index (Phi) is 5.81. The number of carbonyl (C=O) groups excluding carboxylic acids is 2. The van der Waals surface area contributed by atoms with Gasteiger partial charge in [-0.2, -0.15) is 0 Å². The van der Waals surface area contributed by atoms with Crippen molar-refractivity contribution in [2.75, 3.05) is 13.2 Å². The minimum Gasteiger partial charge on any atom is -0.486 e. The maximum atomic E-state index is 12.8. The fraction of sp³-hybridized carbons (Fsp3) is 0.600. The van der Waals surface area contributed by atoms with E-state index < -0.39 is 5.91 Å². The molecule has 2 atom stereocenters. The third kappa shape index (κ3) is 4.36. The van der Waals surface area contributed by atoms with Crippen molar-refractivity contribution in [3.63, 3.8) is 0 Å². The first-order valence-electron chi connectivity index (χ1n) is 9.43. The van der Waals surface area contributed by atoms with Crippen molar-refractivity contribution in [3.8, 4) is 5.75 Å². The zero-order valence-corrected chi connectivity index (χ0v) is 15.3. The van der Waals surface area contributed by atoms with Gasteiger partial charge in [-0.3, -0.25) is 9.59 Å². The standard InChI is InChI=1S/C20H28N2O4/c1-20(10-3-2-4-11-20)19(24)22-16-9-12-25-13-17(16)26-15-7-5-14(6-8-15)18(21)23/h5-8,16-17H,2-4,9-13H2,1H3,(H2,21,23)(H,22,24)/t16-,17-/m1/s1. The molecule has 0 spiro atoms. The van der Waals surface area contributed by atoms with Gasteiger partial charge in [0.15, 0.2) is 0 Å². The van der Waals surface area contributed by atoms with E-state index in [0.29, 0.717) is 24.5 Å². The van der Waals surface area contributed by atoms with Gasteiger partial charge in [-0.05, 0) is 43.5 Å². The lowest BCUT2D eigenvalue weighted by molar-refractivity contribution is -0.134. The SMILES string of the molecule is CC1(C(=O)N[C@@H]2CCOC[C@H]2Oc2ccc(C(N)=O)cc2)CCCCC1. The maximum Gasteiger partial charge on any atom is 0.248 e. The first-order valence-corrected chi connectivity index (χ1v) is 9.43. The van der Waals surface area contributed by atoms with Gasteiger partial charge in [0.2, 0.25) is 11.8 Å². The normalized spacial score (nSPS) is 25.3. The molecule has 1 aromatic rings. The van der Waals surface area contributed by atoms with Crippen LogP contribution in [-0.2, 0) is 9.53 Å². The lowest BCUT2D eigenvalue weighted by Gasteiger charge is -2.37. The van der Waals surface area contributed by atoms with Gasteiger partial charge in [-0.15, -0.1) is 0 Å². The summed E-state index contributed by atoms with van der Waals surface area (Å²) in [7, 11) is 0. The van der Waals surface area contributed by atoms with Crippen LogP contribution in [0.4, 0.5) is 0 Å². The Balaban J connectivity index is 1.63. The summed E-state index contributed by atoms with van der Waals surface area (Å²) < 4.78 is 11.6. The Morgan fingerprint density at radius 3 is 2.54 bits per heavy atom. The molecular formula is C20H28N2O4. The molecule has 2 fully saturated rings. The number of rotatable bonds is 5. The average Bonchev–Trinajstić information content (AvgIpc) is 2.64. The lowest BCUT2D eigenvalue weighted by atomic mass is 9.75. The van der Waals surface area contributed by atoms with Crippen LogP contribution in [0.3, 0.4) is 0 Å². The molecule has 0 radical (unpaired) electrons. The van der Waals surface area contributed by atoms with Gasteiger partial charge < -0.3 is 20.5 Å². The number of ether oxygens (including phenoxy) is 2. The molecular weight excluding hydrogens is 332 g/mol. The fourth-order valence-electron chi connectivity index (χ4n) is 3.77. The minimum absolute atomic E-state index is 0.0779. The summed E-state index contributed by atoms with van der Waals surface area (Å²) in [6.45, 7) is 3.11. The molecule has 3 N–H and O–H groups in total. The summed E-state index contributed by atoms with van der Waals surface area (Å²) in [6.07, 6.45) is 5.82. The van der Waals surface area contributed by atoms with Crippen LogP contribution in [0.15, 0.2) is 24.3 Å². The van der Waals surface area contributed by atoms with Gasteiger partial charge in [0.25, 0.3) is 0 Å². The third-order valence-corrected chi connectivity index (χ3v) is 5.55. The number of nitrogens with two attached hydrogens (primary N) is 1. The molecule has 142 valence electrons. The van der Waals surface area contributed by atoms with E-state index in [-0.39, 0.29) is 23.5 Å². The number of carbonyl (C=O) groups is 2. The smallest absolute Gasteiger partial charge is 0.248 e. The molecule has 1 saturated heterocycles. The van der Waals surface area contributed by atoms with E-state index in [1.54, 1.807) is 24.3 Å². The molecule has 26 heavy (non-hydrogen) atoms. The molecule has 2 amide bonds. The van der Waals surface area contributed by atoms with Crippen LogP contribution in [0.5, 0.6) is 5.75 Å². The second-order valence-corrected chi connectivity index (χ2v) is 7.61. The molecule has 1 aromatic carbocycles. The third-order valence-electron chi connectivity index (χ3n) is 5.55. The molecule has 1 saturated carbocycles. The zero-order valence-electron chi connectivity index (χ0n) is 15.3. The van der Waals surface area contributed by atoms with Crippen LogP contribution < -0.4 is 15.8 Å². The van der Waals surface area contributed by atoms with Crippen molar-refractivity contribution in [3.05, 3.63) is 29.8 Å². The monoisotopic (exact) mass is 360 g/mol. The highest BCUT2D eigenvalue weighted by Crippen LogP contribution is 2.36. The van der Waals surface area contributed by atoms with Crippen LogP contribution in [-0.4, -0.2) is 37.2 Å². The van der Waals surface area contributed by atoms with E-state index in [0.717, 1.165) is 32.1 Å². The lowest BCUT2D eigenvalue weighted by Crippen LogP contribution is -2.54. The quantitative estimate of drug-likeness (QED) is 0.844. The van der Waals surface area contributed by atoms with E-state index in [1.807, 2.05) is 0 Å². The second-order valence-electron chi connectivity index (χ2n) is 7.61. The van der Waals surface area contributed by atoms with Crippen LogP contribution in [0.2, 0.25) is 0 Å². The predicted molar refractivity (Wildman–Crippen MR) is 97.9 cm³/mol. The minimum atomic E-state index is -0.469. The molecule has 0 aromatic heterocycles. The van der Waals surface area contributed by atoms with Crippen molar-refractivity contribution in [1.29, 1.82) is 0 Å². The molecule has 1 aliphatic heterocycles. The number of nitrogens with one attached hydrogen (secondary N) is 1. The molecule has 6 nitrogen and oxygen atoms in total. The number of hydrogen-bond acceptors (Lipinski definition) is 4. The van der Waals surface area contributed by atoms with Crippen molar-refractivity contribution < 1.29 is 19.1 Å². The van der Waals surface area contributed by atoms with Gasteiger partial charge in [0.05, 0.1) is 12.6 Å². The van der Waals surface area contributed by atoms with Gasteiger partial charge >= 0.3 is 0 Å². The van der Waals surface area contributed by atoms with E-state index in [2.05, 4.69) is 12.2 Å². The van der Waals surface area contributed by atoms with Crippen molar-refractivity contribution in [2.24, 2.45) is 11.1 Å². The first kappa shape index (κ1) is 18.7. The summed E-state index contributed by atoms with van der Waals surface area (Å²) in [5, 5.41) is 3.21. The summed E-state index contributed by atoms with van der Waals surface area (Å²) in [5.74, 6) is 0.291. The highest BCUT2D eigenvalue weighted by Gasteiger charge is 2.38. The number of benzene rings is 1. The molecule has 0 unspecified atom stereocenters. The topological polar surface area (TPSA) is 90.7 Å². The van der Waals surface area contributed by atoms with Crippen molar-refractivity contribution in [1.82, 2.24) is 5.32 Å². The average molecular weight is 360 g/mol. The molecule has 0 bridgehead atoms. The maximum absolute atomic E-state index is 12.8. The molecule has 6 heteroatoms. The van der Waals surface area contributed by atoms with Crippen LogP contribution in [0.1, 0.15) is 55.8 Å². The molecule has 1 heterocycles. The summed E-state index contributed by atoms with van der Waals surface area (Å²) in [6, 6.07) is 6.63. The number of primary amides is 1. The molecule has 1 aliphatic carbocycles. The zero-order chi connectivity index (χ0) is 18.6. The van der Waals surface area contributed by atoms with Gasteiger partial charge in [0, 0.05) is 17.6 Å². The number of amides is 2. The van der Waals surface area contributed by atoms with Crippen LogP contribution in [0, 0.1) is 5.41 Å². The van der Waals surface area contributed by atoms with Crippen molar-refractivity contribution >= 4 is 11.8 Å². The Bertz CT molecular complexity index is 638. The van der Waals surface area contributed by atoms with E-state index in [9.17, 15) is 9.59 Å². The summed E-state index contributed by atoms with van der Waals surface area (Å²) in [4.78, 5) is 24.0. The Morgan fingerprint density at radius 1 is 1.19 bits per heavy atom. The predicted octanol–water partition coefficient (Wildman–Crippen LogP) is 2.41. The van der Waals surface area contributed by atoms with Gasteiger partial charge in [0.1, 0.15) is 11.9 Å². The van der Waals surface area contributed by atoms with Crippen molar-refractivity contribution in [2.45, 2.75) is 57.6 Å². The highest BCUT2D eigenvalue weighted by molar-refractivity contribution is 5.92. The largest absolute Gasteiger partial charge is 0.486 e. The highest BCUT2D eigenvalue weighted by atomic mass is 16.5. The fourth-order valence-corrected chi connectivity index (χ4v) is 3.77. The Labute approximate surface area is 154 Å². The van der Waals surface area contributed by atoms with Crippen LogP contribution >= 0.6 is 0 Å². The molecule has 2 aliphatic rings. The van der Waals surface area contributed by atoms with Crippen LogP contribution in [0.25, 0.3) is 0 Å². The first-order chi connectivity index (χ1) is 12.5. The Morgan fingerprint density at radius 2 is 1.88 bits per heavy atom.